The summed E-state index contributed by atoms with van der Waals surface area (Å²) in [5, 5.41) is 12.3. The maximum atomic E-state index is 12.5. The maximum Gasteiger partial charge on any atom is 0.266 e. The van der Waals surface area contributed by atoms with E-state index in [0.717, 1.165) is 18.5 Å². The van der Waals surface area contributed by atoms with Gasteiger partial charge in [0.1, 0.15) is 11.6 Å². The summed E-state index contributed by atoms with van der Waals surface area (Å²) in [7, 11) is 0. The molecule has 1 aliphatic rings. The largest absolute Gasteiger partial charge is 0.366 e. The normalized spacial score (nSPS) is 18.2. The molecule has 0 radical (unpaired) electrons. The van der Waals surface area contributed by atoms with Gasteiger partial charge in [-0.2, -0.15) is 5.26 Å². The third kappa shape index (κ3) is 3.94. The van der Waals surface area contributed by atoms with Gasteiger partial charge in [-0.25, -0.2) is 0 Å². The van der Waals surface area contributed by atoms with Crippen LogP contribution in [-0.4, -0.2) is 18.0 Å². The van der Waals surface area contributed by atoms with Crippen molar-refractivity contribution in [2.75, 3.05) is 16.8 Å². The smallest absolute Gasteiger partial charge is 0.266 e. The number of carbonyl (C=O) groups excluding carboxylic acids is 1. The molecule has 0 aliphatic carbocycles. The van der Waals surface area contributed by atoms with Crippen molar-refractivity contribution in [2.45, 2.75) is 45.6 Å². The van der Waals surface area contributed by atoms with Crippen molar-refractivity contribution < 1.29 is 4.79 Å². The molecule has 4 heteroatoms. The number of hydrogen-bond acceptors (Lipinski definition) is 3. The summed E-state index contributed by atoms with van der Waals surface area (Å²) < 4.78 is 0. The summed E-state index contributed by atoms with van der Waals surface area (Å²) in [5.74, 6) is 0.0284. The first kappa shape index (κ1) is 19.7. The molecule has 2 aromatic carbocycles. The van der Waals surface area contributed by atoms with Crippen LogP contribution in [0.4, 0.5) is 11.4 Å². The number of anilines is 2. The molecule has 1 heterocycles. The highest BCUT2D eigenvalue weighted by Gasteiger charge is 2.35. The van der Waals surface area contributed by atoms with Gasteiger partial charge >= 0.3 is 0 Å². The van der Waals surface area contributed by atoms with Crippen LogP contribution in [0.2, 0.25) is 0 Å². The van der Waals surface area contributed by atoms with Crippen LogP contribution in [0.25, 0.3) is 6.08 Å². The Kier molecular flexibility index (Phi) is 5.56. The first-order valence-electron chi connectivity index (χ1n) is 9.75. The lowest BCUT2D eigenvalue weighted by Gasteiger charge is -2.47. The van der Waals surface area contributed by atoms with Crippen molar-refractivity contribution in [3.63, 3.8) is 0 Å². The third-order valence-electron chi connectivity index (χ3n) is 5.43. The molecule has 1 aliphatic heterocycles. The Bertz CT molecular complexity index is 938. The molecule has 0 saturated carbocycles. The number of nitriles is 1. The van der Waals surface area contributed by atoms with Gasteiger partial charge in [-0.1, -0.05) is 31.2 Å². The van der Waals surface area contributed by atoms with Crippen LogP contribution in [0.1, 0.15) is 51.2 Å². The van der Waals surface area contributed by atoms with Gasteiger partial charge in [-0.05, 0) is 74.6 Å². The van der Waals surface area contributed by atoms with Crippen molar-refractivity contribution in [3.05, 3.63) is 65.2 Å². The lowest BCUT2D eigenvalue weighted by atomic mass is 9.79. The quantitative estimate of drug-likeness (QED) is 0.581. The van der Waals surface area contributed by atoms with Gasteiger partial charge < -0.3 is 10.2 Å². The predicted octanol–water partition coefficient (Wildman–Crippen LogP) is 5.34. The van der Waals surface area contributed by atoms with Gasteiger partial charge in [0, 0.05) is 23.5 Å². The second-order valence-corrected chi connectivity index (χ2v) is 7.97. The number of benzene rings is 2. The van der Waals surface area contributed by atoms with E-state index in [9.17, 15) is 10.1 Å². The Labute approximate surface area is 167 Å². The van der Waals surface area contributed by atoms with Crippen molar-refractivity contribution in [2.24, 2.45) is 0 Å². The molecule has 28 heavy (non-hydrogen) atoms. The van der Waals surface area contributed by atoms with Crippen molar-refractivity contribution >= 4 is 23.4 Å². The molecule has 0 fully saturated rings. The molecule has 4 nitrogen and oxygen atoms in total. The number of rotatable bonds is 4. The predicted molar refractivity (Wildman–Crippen MR) is 115 cm³/mol. The minimum atomic E-state index is -0.393. The number of fused-ring (bicyclic) bond motifs is 1. The molecule has 0 saturated heterocycles. The highest BCUT2D eigenvalue weighted by molar-refractivity contribution is 6.09. The highest BCUT2D eigenvalue weighted by atomic mass is 16.1. The zero-order chi connectivity index (χ0) is 20.3. The van der Waals surface area contributed by atoms with Crippen LogP contribution in [0.5, 0.6) is 0 Å². The lowest BCUT2D eigenvalue weighted by Crippen LogP contribution is -2.48. The number of amides is 1. The van der Waals surface area contributed by atoms with E-state index in [-0.39, 0.29) is 11.1 Å². The summed E-state index contributed by atoms with van der Waals surface area (Å²) in [5.41, 5.74) is 4.28. The number of carbonyl (C=O) groups is 1. The summed E-state index contributed by atoms with van der Waals surface area (Å²) in [6.45, 7) is 9.94. The average molecular weight is 374 g/mol. The molecule has 1 N–H and O–H groups in total. The minimum absolute atomic E-state index is 0.0972. The van der Waals surface area contributed by atoms with E-state index in [1.54, 1.807) is 18.2 Å². The summed E-state index contributed by atoms with van der Waals surface area (Å²) in [6.07, 6.45) is 2.74. The Morgan fingerprint density at radius 3 is 2.64 bits per heavy atom. The Hall–Kier alpha value is -3.06. The highest BCUT2D eigenvalue weighted by Crippen LogP contribution is 2.43. The fourth-order valence-corrected chi connectivity index (χ4v) is 4.23. The van der Waals surface area contributed by atoms with Gasteiger partial charge in [0.05, 0.1) is 0 Å². The lowest BCUT2D eigenvalue weighted by molar-refractivity contribution is -0.112. The first-order chi connectivity index (χ1) is 13.4. The third-order valence-corrected chi connectivity index (χ3v) is 5.43. The van der Waals surface area contributed by atoms with Crippen LogP contribution in [0.15, 0.2) is 54.1 Å². The van der Waals surface area contributed by atoms with E-state index >= 15 is 0 Å². The van der Waals surface area contributed by atoms with E-state index in [1.807, 2.05) is 30.3 Å². The second-order valence-electron chi connectivity index (χ2n) is 7.97. The average Bonchev–Trinajstić information content (AvgIpc) is 2.66. The Morgan fingerprint density at radius 1 is 1.29 bits per heavy atom. The van der Waals surface area contributed by atoms with E-state index in [4.69, 9.17) is 0 Å². The molecule has 1 amide bonds. The molecule has 2 aromatic rings. The SMILES string of the molecule is CCN1c2ccc(/C=C(\C#N)C(=O)Nc3ccccc3)cc2C(C)CC1(C)C. The fraction of sp³-hybridized carbons (Fsp3) is 0.333. The van der Waals surface area contributed by atoms with E-state index in [2.05, 4.69) is 50.0 Å². The van der Waals surface area contributed by atoms with Gasteiger partial charge in [-0.3, -0.25) is 4.79 Å². The molecule has 0 spiro atoms. The van der Waals surface area contributed by atoms with Gasteiger partial charge in [0.2, 0.25) is 0 Å². The van der Waals surface area contributed by atoms with Crippen molar-refractivity contribution in [1.82, 2.24) is 0 Å². The number of hydrogen-bond donors (Lipinski definition) is 1. The minimum Gasteiger partial charge on any atom is -0.366 e. The van der Waals surface area contributed by atoms with Crippen LogP contribution in [0.3, 0.4) is 0 Å². The standard InChI is InChI=1S/C24H27N3O/c1-5-27-22-12-11-18(14-21(22)17(2)15-24(27,3)4)13-19(16-25)23(28)26-20-9-7-6-8-10-20/h6-14,17H,5,15H2,1-4H3,(H,26,28)/b19-13+. The van der Waals surface area contributed by atoms with Gasteiger partial charge in [0.15, 0.2) is 0 Å². The summed E-state index contributed by atoms with van der Waals surface area (Å²) >= 11 is 0. The molecule has 1 atom stereocenters. The van der Waals surface area contributed by atoms with E-state index in [0.29, 0.717) is 11.6 Å². The number of nitrogens with one attached hydrogen (secondary N) is 1. The molecule has 3 rings (SSSR count). The van der Waals surface area contributed by atoms with Crippen LogP contribution < -0.4 is 10.2 Å². The van der Waals surface area contributed by atoms with Gasteiger partial charge in [0.25, 0.3) is 5.91 Å². The first-order valence-corrected chi connectivity index (χ1v) is 9.75. The summed E-state index contributed by atoms with van der Waals surface area (Å²) in [4.78, 5) is 14.9. The topological polar surface area (TPSA) is 56.1 Å². The van der Waals surface area contributed by atoms with Crippen LogP contribution in [0, 0.1) is 11.3 Å². The van der Waals surface area contributed by atoms with Crippen LogP contribution in [-0.2, 0) is 4.79 Å². The van der Waals surface area contributed by atoms with Crippen LogP contribution >= 0.6 is 0 Å². The second kappa shape index (κ2) is 7.90. The molecule has 0 bridgehead atoms. The summed E-state index contributed by atoms with van der Waals surface area (Å²) in [6, 6.07) is 17.4. The van der Waals surface area contributed by atoms with E-state index in [1.165, 1.54) is 11.3 Å². The van der Waals surface area contributed by atoms with E-state index < -0.39 is 5.91 Å². The number of nitrogens with zero attached hydrogens (tertiary/aromatic N) is 2. The maximum absolute atomic E-state index is 12.5. The Morgan fingerprint density at radius 2 is 2.00 bits per heavy atom. The molecular weight excluding hydrogens is 346 g/mol. The molecule has 1 unspecified atom stereocenters. The zero-order valence-electron chi connectivity index (χ0n) is 17.0. The monoisotopic (exact) mass is 373 g/mol. The van der Waals surface area contributed by atoms with Crippen molar-refractivity contribution in [1.29, 1.82) is 5.26 Å². The number of para-hydroxylation sites is 1. The molecule has 0 aromatic heterocycles. The molecule has 144 valence electrons. The zero-order valence-corrected chi connectivity index (χ0v) is 17.0. The Balaban J connectivity index is 1.91. The van der Waals surface area contributed by atoms with Gasteiger partial charge in [-0.15, -0.1) is 0 Å². The fourth-order valence-electron chi connectivity index (χ4n) is 4.23. The van der Waals surface area contributed by atoms with Crippen molar-refractivity contribution in [3.8, 4) is 6.07 Å². The molecular formula is C24H27N3O.